The van der Waals surface area contributed by atoms with Crippen LogP contribution in [0.5, 0.6) is 11.5 Å². The van der Waals surface area contributed by atoms with Crippen molar-refractivity contribution in [1.82, 2.24) is 5.32 Å². The van der Waals surface area contributed by atoms with Crippen LogP contribution in [0.3, 0.4) is 0 Å². The summed E-state index contributed by atoms with van der Waals surface area (Å²) in [6.45, 7) is 3.40. The fraction of sp³-hybridized carbons (Fsp3) is 0.462. The van der Waals surface area contributed by atoms with Crippen molar-refractivity contribution in [2.24, 2.45) is 5.73 Å². The van der Waals surface area contributed by atoms with Crippen LogP contribution >= 0.6 is 0 Å². The van der Waals surface area contributed by atoms with Crippen LogP contribution in [-0.4, -0.2) is 25.7 Å². The molecule has 0 radical (unpaired) electrons. The summed E-state index contributed by atoms with van der Waals surface area (Å²) in [5.74, 6) is 1.47. The Bertz CT molecular complexity index is 434. The van der Waals surface area contributed by atoms with E-state index in [4.69, 9.17) is 15.2 Å². The second-order valence-electron chi connectivity index (χ2n) is 4.17. The smallest absolute Gasteiger partial charge is 0.223 e. The fourth-order valence-electron chi connectivity index (χ4n) is 1.85. The summed E-state index contributed by atoms with van der Waals surface area (Å²) in [5, 5.41) is 2.72. The van der Waals surface area contributed by atoms with Gasteiger partial charge in [-0.15, -0.1) is 0 Å². The van der Waals surface area contributed by atoms with E-state index in [0.29, 0.717) is 31.9 Å². The van der Waals surface area contributed by atoms with Crippen LogP contribution in [0.1, 0.15) is 24.9 Å². The molecule has 98 valence electrons. The number of carbonyl (C=O) groups is 1. The maximum absolute atomic E-state index is 11.2. The topological polar surface area (TPSA) is 73.6 Å². The van der Waals surface area contributed by atoms with Crippen LogP contribution in [-0.2, 0) is 4.79 Å². The molecular weight excluding hydrogens is 232 g/mol. The highest BCUT2D eigenvalue weighted by molar-refractivity contribution is 5.75. The van der Waals surface area contributed by atoms with Crippen molar-refractivity contribution >= 4 is 5.91 Å². The summed E-state index contributed by atoms with van der Waals surface area (Å²) in [6.07, 6.45) is 0.352. The Labute approximate surface area is 106 Å². The molecule has 0 saturated carbocycles. The van der Waals surface area contributed by atoms with E-state index in [1.165, 1.54) is 0 Å². The standard InChI is InChI=1S/C13H18N2O3/c1-2-15-13(16)5-6-17-9-3-4-10-11(14)8-18-12(10)7-9/h3-4,7,11H,2,5-6,8,14H2,1H3,(H,15,16). The van der Waals surface area contributed by atoms with Gasteiger partial charge < -0.3 is 20.5 Å². The third-order valence-electron chi connectivity index (χ3n) is 2.77. The lowest BCUT2D eigenvalue weighted by Crippen LogP contribution is -2.24. The molecule has 1 aromatic carbocycles. The van der Waals surface area contributed by atoms with Gasteiger partial charge in [-0.25, -0.2) is 0 Å². The normalized spacial score (nSPS) is 16.9. The van der Waals surface area contributed by atoms with Gasteiger partial charge in [0.05, 0.1) is 19.1 Å². The molecule has 0 aliphatic carbocycles. The molecule has 0 spiro atoms. The van der Waals surface area contributed by atoms with Crippen molar-refractivity contribution < 1.29 is 14.3 Å². The summed E-state index contributed by atoms with van der Waals surface area (Å²) in [7, 11) is 0. The van der Waals surface area contributed by atoms with E-state index in [0.717, 1.165) is 11.3 Å². The lowest BCUT2D eigenvalue weighted by atomic mass is 10.1. The molecule has 2 rings (SSSR count). The monoisotopic (exact) mass is 250 g/mol. The molecule has 1 aliphatic rings. The highest BCUT2D eigenvalue weighted by Crippen LogP contribution is 2.33. The van der Waals surface area contributed by atoms with Crippen LogP contribution in [0, 0.1) is 0 Å². The Hall–Kier alpha value is -1.75. The number of nitrogens with one attached hydrogen (secondary N) is 1. The molecule has 1 atom stereocenters. The zero-order chi connectivity index (χ0) is 13.0. The maximum Gasteiger partial charge on any atom is 0.223 e. The Balaban J connectivity index is 1.86. The SMILES string of the molecule is CCNC(=O)CCOc1ccc2c(c1)OCC2N. The first kappa shape index (κ1) is 12.7. The first-order valence-electron chi connectivity index (χ1n) is 6.12. The van der Waals surface area contributed by atoms with Gasteiger partial charge in [-0.3, -0.25) is 4.79 Å². The van der Waals surface area contributed by atoms with E-state index < -0.39 is 0 Å². The lowest BCUT2D eigenvalue weighted by Gasteiger charge is -2.08. The number of benzene rings is 1. The number of ether oxygens (including phenoxy) is 2. The molecule has 5 nitrogen and oxygen atoms in total. The van der Waals surface area contributed by atoms with Crippen molar-refractivity contribution in [3.05, 3.63) is 23.8 Å². The minimum absolute atomic E-state index is 0.00284. The van der Waals surface area contributed by atoms with Crippen LogP contribution in [0.4, 0.5) is 0 Å². The number of hydrogen-bond donors (Lipinski definition) is 2. The highest BCUT2D eigenvalue weighted by atomic mass is 16.5. The van der Waals surface area contributed by atoms with Crippen molar-refractivity contribution in [3.63, 3.8) is 0 Å². The van der Waals surface area contributed by atoms with Crippen molar-refractivity contribution in [1.29, 1.82) is 0 Å². The van der Waals surface area contributed by atoms with Gasteiger partial charge in [0.1, 0.15) is 18.1 Å². The predicted octanol–water partition coefficient (Wildman–Crippen LogP) is 0.984. The zero-order valence-corrected chi connectivity index (χ0v) is 10.4. The minimum Gasteiger partial charge on any atom is -0.493 e. The number of amides is 1. The minimum atomic E-state index is -0.0515. The third kappa shape index (κ3) is 2.92. The molecule has 3 N–H and O–H groups in total. The number of hydrogen-bond acceptors (Lipinski definition) is 4. The van der Waals surface area contributed by atoms with Crippen LogP contribution < -0.4 is 20.5 Å². The quantitative estimate of drug-likeness (QED) is 0.817. The number of carbonyl (C=O) groups excluding carboxylic acids is 1. The Morgan fingerprint density at radius 2 is 2.44 bits per heavy atom. The van der Waals surface area contributed by atoms with Gasteiger partial charge in [-0.2, -0.15) is 0 Å². The van der Waals surface area contributed by atoms with E-state index in [1.807, 2.05) is 25.1 Å². The Morgan fingerprint density at radius 3 is 3.22 bits per heavy atom. The largest absolute Gasteiger partial charge is 0.493 e. The van der Waals surface area contributed by atoms with Crippen LogP contribution in [0.25, 0.3) is 0 Å². The second kappa shape index (κ2) is 5.73. The van der Waals surface area contributed by atoms with Gasteiger partial charge in [0.2, 0.25) is 5.91 Å². The molecule has 1 amide bonds. The summed E-state index contributed by atoms with van der Waals surface area (Å²) in [4.78, 5) is 11.2. The van der Waals surface area contributed by atoms with Crippen molar-refractivity contribution in [2.75, 3.05) is 19.8 Å². The predicted molar refractivity (Wildman–Crippen MR) is 67.7 cm³/mol. The molecule has 1 heterocycles. The molecular formula is C13H18N2O3. The number of rotatable bonds is 5. The molecule has 0 aromatic heterocycles. The van der Waals surface area contributed by atoms with Crippen LogP contribution in [0.15, 0.2) is 18.2 Å². The van der Waals surface area contributed by atoms with Crippen molar-refractivity contribution in [2.45, 2.75) is 19.4 Å². The lowest BCUT2D eigenvalue weighted by molar-refractivity contribution is -0.121. The van der Waals surface area contributed by atoms with Gasteiger partial charge in [0, 0.05) is 18.2 Å². The van der Waals surface area contributed by atoms with Gasteiger partial charge in [0.15, 0.2) is 0 Å². The summed E-state index contributed by atoms with van der Waals surface area (Å²) < 4.78 is 10.9. The second-order valence-corrected chi connectivity index (χ2v) is 4.17. The van der Waals surface area contributed by atoms with E-state index in [-0.39, 0.29) is 11.9 Å². The maximum atomic E-state index is 11.2. The number of fused-ring (bicyclic) bond motifs is 1. The molecule has 5 heteroatoms. The van der Waals surface area contributed by atoms with E-state index >= 15 is 0 Å². The highest BCUT2D eigenvalue weighted by Gasteiger charge is 2.20. The molecule has 1 unspecified atom stereocenters. The third-order valence-corrected chi connectivity index (χ3v) is 2.77. The molecule has 1 aromatic rings. The van der Waals surface area contributed by atoms with Gasteiger partial charge in [-0.05, 0) is 19.1 Å². The zero-order valence-electron chi connectivity index (χ0n) is 10.4. The number of nitrogens with two attached hydrogens (primary N) is 1. The average molecular weight is 250 g/mol. The average Bonchev–Trinajstić information content (AvgIpc) is 2.71. The fourth-order valence-corrected chi connectivity index (χ4v) is 1.85. The first-order valence-corrected chi connectivity index (χ1v) is 6.12. The molecule has 18 heavy (non-hydrogen) atoms. The molecule has 0 saturated heterocycles. The van der Waals surface area contributed by atoms with E-state index in [9.17, 15) is 4.79 Å². The van der Waals surface area contributed by atoms with E-state index in [1.54, 1.807) is 0 Å². The van der Waals surface area contributed by atoms with E-state index in [2.05, 4.69) is 5.32 Å². The molecule has 0 fully saturated rings. The Kier molecular flexibility index (Phi) is 4.04. The Morgan fingerprint density at radius 1 is 1.61 bits per heavy atom. The van der Waals surface area contributed by atoms with Gasteiger partial charge in [-0.1, -0.05) is 0 Å². The summed E-state index contributed by atoms with van der Waals surface area (Å²) >= 11 is 0. The molecule has 0 bridgehead atoms. The van der Waals surface area contributed by atoms with Gasteiger partial charge >= 0.3 is 0 Å². The summed E-state index contributed by atoms with van der Waals surface area (Å²) in [6, 6.07) is 5.53. The molecule has 1 aliphatic heterocycles. The van der Waals surface area contributed by atoms with Crippen LogP contribution in [0.2, 0.25) is 0 Å². The first-order chi connectivity index (χ1) is 8.70. The summed E-state index contributed by atoms with van der Waals surface area (Å²) in [5.41, 5.74) is 6.86. The van der Waals surface area contributed by atoms with Crippen molar-refractivity contribution in [3.8, 4) is 11.5 Å². The van der Waals surface area contributed by atoms with Gasteiger partial charge in [0.25, 0.3) is 0 Å².